The van der Waals surface area contributed by atoms with Gasteiger partial charge in [-0.25, -0.2) is 8.78 Å². The van der Waals surface area contributed by atoms with Crippen LogP contribution in [-0.2, 0) is 4.79 Å². The standard InChI is InChI=1S/C37H46F5N5O/c1-25(2)22-33(45-35(37(40,41)42)28-12-10-27(11-13-28)26-8-4-3-5-9-26)36(48)44-17-16-43-29-23-31(38)34(32(39)24-29)47-20-14-30(15-21-47)46-18-6-7-19-46/h3-5,8-13,23-25,30,33,35,43,45H,6-7,14-22H2,1-2H3,(H,44,48). The molecule has 0 radical (unpaired) electrons. The highest BCUT2D eigenvalue weighted by Crippen LogP contribution is 2.35. The molecule has 3 aromatic rings. The summed E-state index contributed by atoms with van der Waals surface area (Å²) < 4.78 is 73.2. The number of carbonyl (C=O) groups is 1. The third-order valence-corrected chi connectivity index (χ3v) is 9.28. The van der Waals surface area contributed by atoms with Crippen LogP contribution in [0.2, 0.25) is 0 Å². The van der Waals surface area contributed by atoms with E-state index < -0.39 is 35.8 Å². The number of nitrogens with one attached hydrogen (secondary N) is 3. The van der Waals surface area contributed by atoms with E-state index in [-0.39, 0.29) is 42.4 Å². The van der Waals surface area contributed by atoms with Crippen molar-refractivity contribution < 1.29 is 26.7 Å². The second kappa shape index (κ2) is 16.1. The lowest BCUT2D eigenvalue weighted by Gasteiger charge is -2.38. The Bertz CT molecular complexity index is 1450. The Morgan fingerprint density at radius 1 is 0.854 bits per heavy atom. The van der Waals surface area contributed by atoms with Gasteiger partial charge in [0.25, 0.3) is 0 Å². The number of amides is 1. The van der Waals surface area contributed by atoms with Crippen LogP contribution in [0.15, 0.2) is 66.7 Å². The summed E-state index contributed by atoms with van der Waals surface area (Å²) in [5.41, 5.74) is 1.89. The molecule has 48 heavy (non-hydrogen) atoms. The molecule has 3 N–H and O–H groups in total. The summed E-state index contributed by atoms with van der Waals surface area (Å²) >= 11 is 0. The third-order valence-electron chi connectivity index (χ3n) is 9.28. The second-order valence-electron chi connectivity index (χ2n) is 13.3. The molecule has 0 aliphatic carbocycles. The number of hydrogen-bond donors (Lipinski definition) is 3. The molecular formula is C37H46F5N5O. The van der Waals surface area contributed by atoms with Crippen molar-refractivity contribution in [2.75, 3.05) is 49.5 Å². The number of benzene rings is 3. The zero-order valence-corrected chi connectivity index (χ0v) is 27.6. The lowest BCUT2D eigenvalue weighted by atomic mass is 9.97. The van der Waals surface area contributed by atoms with Gasteiger partial charge < -0.3 is 20.4 Å². The molecule has 2 saturated heterocycles. The van der Waals surface area contributed by atoms with Crippen LogP contribution in [0, 0.1) is 17.6 Å². The van der Waals surface area contributed by atoms with Gasteiger partial charge >= 0.3 is 6.18 Å². The normalized spacial score (nSPS) is 17.5. The topological polar surface area (TPSA) is 59.6 Å². The van der Waals surface area contributed by atoms with E-state index in [9.17, 15) is 18.0 Å². The fourth-order valence-electron chi connectivity index (χ4n) is 6.85. The van der Waals surface area contributed by atoms with Crippen molar-refractivity contribution in [3.63, 3.8) is 0 Å². The molecule has 2 heterocycles. The van der Waals surface area contributed by atoms with E-state index in [1.54, 1.807) is 17.0 Å². The van der Waals surface area contributed by atoms with Crippen molar-refractivity contribution in [1.82, 2.24) is 15.5 Å². The molecule has 0 bridgehead atoms. The SMILES string of the molecule is CC(C)CC(NC(c1ccc(-c2ccccc2)cc1)C(F)(F)F)C(=O)NCCNc1cc(F)c(N2CCC(N3CCCC3)CC2)c(F)c1. The Labute approximate surface area is 280 Å². The Morgan fingerprint density at radius 2 is 1.46 bits per heavy atom. The first-order chi connectivity index (χ1) is 23.0. The molecular weight excluding hydrogens is 625 g/mol. The first-order valence-electron chi connectivity index (χ1n) is 17.0. The molecule has 3 aromatic carbocycles. The first-order valence-corrected chi connectivity index (χ1v) is 17.0. The zero-order valence-electron chi connectivity index (χ0n) is 27.6. The first kappa shape index (κ1) is 35.6. The van der Waals surface area contributed by atoms with Gasteiger partial charge in [-0.05, 0) is 79.9 Å². The molecule has 0 spiro atoms. The van der Waals surface area contributed by atoms with Gasteiger partial charge in [-0.1, -0.05) is 68.4 Å². The van der Waals surface area contributed by atoms with E-state index in [0.717, 1.165) is 37.1 Å². The highest BCUT2D eigenvalue weighted by molar-refractivity contribution is 5.81. The van der Waals surface area contributed by atoms with E-state index in [1.807, 2.05) is 44.2 Å². The highest BCUT2D eigenvalue weighted by atomic mass is 19.4. The van der Waals surface area contributed by atoms with Gasteiger partial charge in [-0.15, -0.1) is 0 Å². The number of rotatable bonds is 13. The molecule has 0 saturated carbocycles. The number of likely N-dealkylation sites (tertiary alicyclic amines) is 1. The minimum atomic E-state index is -4.64. The molecule has 2 fully saturated rings. The minimum Gasteiger partial charge on any atom is -0.383 e. The number of piperidine rings is 1. The summed E-state index contributed by atoms with van der Waals surface area (Å²) in [5, 5.41) is 8.18. The van der Waals surface area contributed by atoms with Crippen LogP contribution in [0.25, 0.3) is 11.1 Å². The summed E-state index contributed by atoms with van der Waals surface area (Å²) in [6, 6.07) is 15.3. The fourth-order valence-corrected chi connectivity index (χ4v) is 6.85. The van der Waals surface area contributed by atoms with Gasteiger partial charge in [-0.3, -0.25) is 10.1 Å². The molecule has 6 nitrogen and oxygen atoms in total. The van der Waals surface area contributed by atoms with Crippen molar-refractivity contribution in [3.05, 3.63) is 83.9 Å². The lowest BCUT2D eigenvalue weighted by molar-refractivity contribution is -0.161. The van der Waals surface area contributed by atoms with Gasteiger partial charge in [0.05, 0.1) is 6.04 Å². The van der Waals surface area contributed by atoms with Crippen LogP contribution in [0.5, 0.6) is 0 Å². The quantitative estimate of drug-likeness (QED) is 0.130. The zero-order chi connectivity index (χ0) is 34.3. The number of hydrogen-bond acceptors (Lipinski definition) is 5. The van der Waals surface area contributed by atoms with Gasteiger partial charge in [0, 0.05) is 37.9 Å². The Morgan fingerprint density at radius 3 is 2.04 bits per heavy atom. The smallest absolute Gasteiger partial charge is 0.383 e. The third kappa shape index (κ3) is 9.25. The Kier molecular flexibility index (Phi) is 12.0. The number of halogens is 5. The summed E-state index contributed by atoms with van der Waals surface area (Å²) in [6.45, 7) is 7.23. The molecule has 260 valence electrons. The van der Waals surface area contributed by atoms with E-state index in [4.69, 9.17) is 0 Å². The summed E-state index contributed by atoms with van der Waals surface area (Å²) in [6.07, 6.45) is -0.303. The molecule has 2 aliphatic heterocycles. The van der Waals surface area contributed by atoms with Gasteiger partial charge in [0.1, 0.15) is 11.7 Å². The maximum Gasteiger partial charge on any atom is 0.407 e. The Balaban J connectivity index is 1.15. The number of nitrogens with zero attached hydrogens (tertiary/aromatic N) is 2. The van der Waals surface area contributed by atoms with E-state index in [2.05, 4.69) is 20.9 Å². The van der Waals surface area contributed by atoms with E-state index in [0.29, 0.717) is 19.1 Å². The highest BCUT2D eigenvalue weighted by Gasteiger charge is 2.43. The predicted molar refractivity (Wildman–Crippen MR) is 181 cm³/mol. The average molecular weight is 672 g/mol. The van der Waals surface area contributed by atoms with E-state index in [1.165, 1.54) is 37.1 Å². The molecule has 1 amide bonds. The Hall–Kier alpha value is -3.70. The summed E-state index contributed by atoms with van der Waals surface area (Å²) in [4.78, 5) is 17.4. The van der Waals surface area contributed by atoms with Crippen LogP contribution in [0.4, 0.5) is 33.3 Å². The van der Waals surface area contributed by atoms with Crippen molar-refractivity contribution in [3.8, 4) is 11.1 Å². The van der Waals surface area contributed by atoms with E-state index >= 15 is 8.78 Å². The predicted octanol–water partition coefficient (Wildman–Crippen LogP) is 7.53. The van der Waals surface area contributed by atoms with Crippen molar-refractivity contribution in [2.45, 2.75) is 70.3 Å². The monoisotopic (exact) mass is 671 g/mol. The maximum atomic E-state index is 15.1. The van der Waals surface area contributed by atoms with Crippen molar-refractivity contribution in [1.29, 1.82) is 0 Å². The maximum absolute atomic E-state index is 15.1. The number of alkyl halides is 3. The van der Waals surface area contributed by atoms with Crippen molar-refractivity contribution in [2.24, 2.45) is 5.92 Å². The van der Waals surface area contributed by atoms with Gasteiger partial charge in [-0.2, -0.15) is 13.2 Å². The lowest BCUT2D eigenvalue weighted by Crippen LogP contribution is -2.50. The number of anilines is 2. The van der Waals surface area contributed by atoms with Crippen LogP contribution < -0.4 is 20.9 Å². The molecule has 2 unspecified atom stereocenters. The van der Waals surface area contributed by atoms with Crippen LogP contribution in [0.3, 0.4) is 0 Å². The molecule has 11 heteroatoms. The van der Waals surface area contributed by atoms with Crippen LogP contribution >= 0.6 is 0 Å². The van der Waals surface area contributed by atoms with Gasteiger partial charge in [0.15, 0.2) is 11.6 Å². The summed E-state index contributed by atoms with van der Waals surface area (Å²) in [5.74, 6) is -1.95. The minimum absolute atomic E-state index is 0.00821. The second-order valence-corrected chi connectivity index (χ2v) is 13.3. The molecule has 2 atom stereocenters. The number of carbonyl (C=O) groups excluding carboxylic acids is 1. The largest absolute Gasteiger partial charge is 0.407 e. The van der Waals surface area contributed by atoms with Crippen molar-refractivity contribution >= 4 is 17.3 Å². The van der Waals surface area contributed by atoms with Gasteiger partial charge in [0.2, 0.25) is 5.91 Å². The molecule has 5 rings (SSSR count). The fraction of sp³-hybridized carbons (Fsp3) is 0.486. The average Bonchev–Trinajstić information content (AvgIpc) is 3.60. The molecule has 2 aliphatic rings. The van der Waals surface area contributed by atoms with Crippen LogP contribution in [0.1, 0.15) is 57.6 Å². The summed E-state index contributed by atoms with van der Waals surface area (Å²) in [7, 11) is 0. The van der Waals surface area contributed by atoms with Crippen LogP contribution in [-0.4, -0.2) is 68.3 Å². The molecule has 0 aromatic heterocycles.